The largest absolute Gasteiger partial charge is 0.452 e. The molecule has 4 heteroatoms. The number of hydrogen-bond donors (Lipinski definition) is 0. The van der Waals surface area contributed by atoms with Gasteiger partial charge >= 0.3 is 6.02 Å². The van der Waals surface area contributed by atoms with Gasteiger partial charge in [0.2, 0.25) is 5.88 Å². The van der Waals surface area contributed by atoms with Crippen molar-refractivity contribution in [2.75, 3.05) is 28.2 Å². The molecule has 0 aliphatic carbocycles. The SMILES string of the molecule is CN(C)C(Oc1ccccn1)=[N+](C)C. The molecule has 0 fully saturated rings. The number of pyridine rings is 1. The van der Waals surface area contributed by atoms with Gasteiger partial charge in [0.15, 0.2) is 0 Å². The van der Waals surface area contributed by atoms with Crippen LogP contribution in [0.4, 0.5) is 0 Å². The first-order valence-electron chi connectivity index (χ1n) is 4.41. The number of nitrogens with zero attached hydrogens (tertiary/aromatic N) is 3. The second-order valence-electron chi connectivity index (χ2n) is 3.34. The average Bonchev–Trinajstić information content (AvgIpc) is 2.15. The molecule has 0 amide bonds. The van der Waals surface area contributed by atoms with Crippen LogP contribution in [-0.2, 0) is 0 Å². The van der Waals surface area contributed by atoms with Gasteiger partial charge in [-0.05, 0) is 6.07 Å². The lowest BCUT2D eigenvalue weighted by Crippen LogP contribution is -2.34. The van der Waals surface area contributed by atoms with E-state index in [0.717, 1.165) is 6.02 Å². The van der Waals surface area contributed by atoms with Crippen molar-refractivity contribution < 1.29 is 9.31 Å². The van der Waals surface area contributed by atoms with Gasteiger partial charge in [0.25, 0.3) is 0 Å². The summed E-state index contributed by atoms with van der Waals surface area (Å²) in [6.07, 6.45) is 1.71. The zero-order valence-electron chi connectivity index (χ0n) is 9.06. The molecule has 0 N–H and O–H groups in total. The van der Waals surface area contributed by atoms with Gasteiger partial charge < -0.3 is 4.74 Å². The minimum atomic E-state index is 0.602. The highest BCUT2D eigenvalue weighted by Crippen LogP contribution is 2.04. The molecule has 0 radical (unpaired) electrons. The maximum atomic E-state index is 5.59. The van der Waals surface area contributed by atoms with E-state index in [9.17, 15) is 0 Å². The summed E-state index contributed by atoms with van der Waals surface area (Å²) in [6, 6.07) is 6.33. The van der Waals surface area contributed by atoms with Gasteiger partial charge in [-0.3, -0.25) is 0 Å². The molecule has 1 aromatic rings. The topological polar surface area (TPSA) is 28.4 Å². The molecular formula is C10H16N3O+. The number of rotatable bonds is 1. The van der Waals surface area contributed by atoms with Gasteiger partial charge in [-0.2, -0.15) is 0 Å². The highest BCUT2D eigenvalue weighted by Gasteiger charge is 2.14. The Hall–Kier alpha value is -1.58. The smallest absolute Gasteiger partial charge is 0.373 e. The first-order valence-corrected chi connectivity index (χ1v) is 4.41. The van der Waals surface area contributed by atoms with Crippen LogP contribution in [0.3, 0.4) is 0 Å². The molecule has 1 rings (SSSR count). The Kier molecular flexibility index (Phi) is 3.45. The zero-order valence-corrected chi connectivity index (χ0v) is 9.06. The second-order valence-corrected chi connectivity index (χ2v) is 3.34. The van der Waals surface area contributed by atoms with E-state index >= 15 is 0 Å². The Morgan fingerprint density at radius 1 is 1.36 bits per heavy atom. The Bertz CT molecular complexity index is 315. The minimum absolute atomic E-state index is 0.602. The van der Waals surface area contributed by atoms with Crippen LogP contribution in [0.5, 0.6) is 5.88 Å². The van der Waals surface area contributed by atoms with Crippen LogP contribution in [0.15, 0.2) is 24.4 Å². The molecule has 0 saturated carbocycles. The number of aromatic nitrogens is 1. The summed E-state index contributed by atoms with van der Waals surface area (Å²) in [5, 5.41) is 0. The third kappa shape index (κ3) is 2.73. The normalized spacial score (nSPS) is 9.43. The zero-order chi connectivity index (χ0) is 10.6. The van der Waals surface area contributed by atoms with Gasteiger partial charge in [-0.15, -0.1) is 0 Å². The molecule has 14 heavy (non-hydrogen) atoms. The van der Waals surface area contributed by atoms with E-state index in [1.807, 2.05) is 55.9 Å². The first-order chi connectivity index (χ1) is 6.61. The standard InChI is InChI=1S/C10H16N3O/c1-12(2)10(13(3)4)14-9-7-5-6-8-11-9/h5-8H,1-4H3/q+1. The molecule has 0 aliphatic rings. The predicted molar refractivity (Wildman–Crippen MR) is 55.7 cm³/mol. The summed E-state index contributed by atoms with van der Waals surface area (Å²) in [4.78, 5) is 5.98. The highest BCUT2D eigenvalue weighted by atomic mass is 16.5. The van der Waals surface area contributed by atoms with Crippen LogP contribution in [-0.4, -0.2) is 48.7 Å². The van der Waals surface area contributed by atoms with Gasteiger partial charge in [-0.25, -0.2) is 14.5 Å². The first kappa shape index (κ1) is 10.5. The molecular weight excluding hydrogens is 178 g/mol. The van der Waals surface area contributed by atoms with Crippen molar-refractivity contribution in [1.29, 1.82) is 0 Å². The van der Waals surface area contributed by atoms with Crippen molar-refractivity contribution in [2.45, 2.75) is 0 Å². The summed E-state index contributed by atoms with van der Waals surface area (Å²) in [7, 11) is 7.72. The van der Waals surface area contributed by atoms with Gasteiger partial charge in [0.1, 0.15) is 0 Å². The maximum Gasteiger partial charge on any atom is 0.452 e. The van der Waals surface area contributed by atoms with E-state index in [4.69, 9.17) is 4.74 Å². The average molecular weight is 194 g/mol. The molecule has 0 saturated heterocycles. The van der Waals surface area contributed by atoms with Crippen LogP contribution in [0.25, 0.3) is 0 Å². The highest BCUT2D eigenvalue weighted by molar-refractivity contribution is 5.70. The molecule has 76 valence electrons. The van der Waals surface area contributed by atoms with Gasteiger partial charge in [0.05, 0.1) is 28.2 Å². The van der Waals surface area contributed by atoms with Crippen molar-refractivity contribution in [3.63, 3.8) is 0 Å². The summed E-state index contributed by atoms with van der Waals surface area (Å²) < 4.78 is 7.49. The van der Waals surface area contributed by atoms with Gasteiger partial charge in [0, 0.05) is 12.3 Å². The number of hydrogen-bond acceptors (Lipinski definition) is 2. The summed E-state index contributed by atoms with van der Waals surface area (Å²) >= 11 is 0. The molecule has 0 spiro atoms. The lowest BCUT2D eigenvalue weighted by atomic mass is 10.5. The van der Waals surface area contributed by atoms with Crippen LogP contribution >= 0.6 is 0 Å². The Morgan fingerprint density at radius 2 is 2.07 bits per heavy atom. The quantitative estimate of drug-likeness (QED) is 0.373. The molecule has 1 aromatic heterocycles. The summed E-state index contributed by atoms with van der Waals surface area (Å²) in [6.45, 7) is 0. The van der Waals surface area contributed by atoms with E-state index in [-0.39, 0.29) is 0 Å². The fraction of sp³-hybridized carbons (Fsp3) is 0.400. The lowest BCUT2D eigenvalue weighted by Gasteiger charge is -2.10. The van der Waals surface area contributed by atoms with Crippen LogP contribution in [0, 0.1) is 0 Å². The van der Waals surface area contributed by atoms with Crippen molar-refractivity contribution in [2.24, 2.45) is 0 Å². The van der Waals surface area contributed by atoms with E-state index < -0.39 is 0 Å². The molecule has 0 aliphatic heterocycles. The molecule has 0 aromatic carbocycles. The number of amidine groups is 1. The molecule has 0 atom stereocenters. The van der Waals surface area contributed by atoms with E-state index in [0.29, 0.717) is 5.88 Å². The van der Waals surface area contributed by atoms with Crippen molar-refractivity contribution in [1.82, 2.24) is 9.88 Å². The van der Waals surface area contributed by atoms with Crippen LogP contribution < -0.4 is 4.74 Å². The molecule has 0 unspecified atom stereocenters. The van der Waals surface area contributed by atoms with Gasteiger partial charge in [-0.1, -0.05) is 6.07 Å². The Labute approximate surface area is 84.5 Å². The summed E-state index contributed by atoms with van der Waals surface area (Å²) in [5.41, 5.74) is 0. The predicted octanol–water partition coefficient (Wildman–Crippen LogP) is 0.650. The number of ether oxygens (including phenoxy) is 1. The Morgan fingerprint density at radius 3 is 2.50 bits per heavy atom. The fourth-order valence-electron chi connectivity index (χ4n) is 1.08. The molecule has 4 nitrogen and oxygen atoms in total. The lowest BCUT2D eigenvalue weighted by molar-refractivity contribution is -0.478. The summed E-state index contributed by atoms with van der Waals surface area (Å²) in [5.74, 6) is 0.602. The van der Waals surface area contributed by atoms with Crippen LogP contribution in [0.2, 0.25) is 0 Å². The second kappa shape index (κ2) is 4.60. The van der Waals surface area contributed by atoms with Crippen molar-refractivity contribution in [3.8, 4) is 5.88 Å². The Balaban J connectivity index is 2.82. The van der Waals surface area contributed by atoms with Crippen molar-refractivity contribution in [3.05, 3.63) is 24.4 Å². The third-order valence-electron chi connectivity index (χ3n) is 1.60. The molecule has 1 heterocycles. The van der Waals surface area contributed by atoms with Crippen molar-refractivity contribution >= 4 is 6.02 Å². The van der Waals surface area contributed by atoms with Crippen LogP contribution in [0.1, 0.15) is 0 Å². The molecule has 0 bridgehead atoms. The maximum absolute atomic E-state index is 5.59. The monoisotopic (exact) mass is 194 g/mol. The van der Waals surface area contributed by atoms with E-state index in [1.54, 1.807) is 6.20 Å². The third-order valence-corrected chi connectivity index (χ3v) is 1.60. The minimum Gasteiger partial charge on any atom is -0.373 e. The van der Waals surface area contributed by atoms with E-state index in [2.05, 4.69) is 4.98 Å². The van der Waals surface area contributed by atoms with E-state index in [1.165, 1.54) is 0 Å². The fourth-order valence-corrected chi connectivity index (χ4v) is 1.08.